The fraction of sp³-hybridized carbons (Fsp3) is 0.115. The quantitative estimate of drug-likeness (QED) is 0.297. The zero-order valence-corrected chi connectivity index (χ0v) is 17.0. The lowest BCUT2D eigenvalue weighted by molar-refractivity contribution is 0.205. The average Bonchev–Trinajstić information content (AvgIpc) is 3.16. The highest BCUT2D eigenvalue weighted by atomic mass is 16.5. The number of hydrogen-bond acceptors (Lipinski definition) is 3. The summed E-state index contributed by atoms with van der Waals surface area (Å²) in [5, 5.41) is 8.93. The lowest BCUT2D eigenvalue weighted by Crippen LogP contribution is -2.08. The number of nitrogens with one attached hydrogen (secondary N) is 1. The molecule has 150 valence electrons. The average molecular weight is 396 g/mol. The van der Waals surface area contributed by atoms with E-state index in [4.69, 9.17) is 10.2 Å². The van der Waals surface area contributed by atoms with Gasteiger partial charge in [-0.15, -0.1) is 0 Å². The minimum atomic E-state index is 0.351. The maximum atomic E-state index is 8.93. The normalized spacial score (nSPS) is 12.3. The highest BCUT2D eigenvalue weighted by Gasteiger charge is 2.15. The number of hydroxylamine groups is 1. The molecule has 0 fully saturated rings. The van der Waals surface area contributed by atoms with E-state index in [1.165, 1.54) is 5.56 Å². The third kappa shape index (κ3) is 4.19. The van der Waals surface area contributed by atoms with Crippen molar-refractivity contribution in [2.45, 2.75) is 19.4 Å². The Morgan fingerprint density at radius 3 is 2.63 bits per heavy atom. The molecule has 0 saturated carbocycles. The van der Waals surface area contributed by atoms with Crippen LogP contribution in [0.4, 0.5) is 0 Å². The number of allylic oxidation sites excluding steroid dienone is 1. The molecule has 1 atom stereocenters. The van der Waals surface area contributed by atoms with Gasteiger partial charge in [-0.1, -0.05) is 80.2 Å². The Balaban J connectivity index is 1.75. The Morgan fingerprint density at radius 2 is 1.83 bits per heavy atom. The van der Waals surface area contributed by atoms with E-state index in [9.17, 15) is 0 Å². The molecule has 0 aliphatic heterocycles. The number of imidazole rings is 1. The Hall–Kier alpha value is -3.63. The number of benzene rings is 3. The smallest absolute Gasteiger partial charge is 0.141 e. The molecular formula is C26H25N3O. The molecule has 0 amide bonds. The Bertz CT molecular complexity index is 1190. The van der Waals surface area contributed by atoms with E-state index in [1.54, 1.807) is 6.08 Å². The Labute approximate surface area is 176 Å². The van der Waals surface area contributed by atoms with E-state index in [0.29, 0.717) is 11.6 Å². The molecule has 0 unspecified atom stereocenters. The molecular weight excluding hydrogens is 370 g/mol. The van der Waals surface area contributed by atoms with E-state index in [2.05, 4.69) is 72.7 Å². The van der Waals surface area contributed by atoms with E-state index < -0.39 is 0 Å². The van der Waals surface area contributed by atoms with Gasteiger partial charge in [-0.05, 0) is 41.3 Å². The molecule has 4 nitrogen and oxygen atoms in total. The third-order valence-electron chi connectivity index (χ3n) is 5.24. The summed E-state index contributed by atoms with van der Waals surface area (Å²) >= 11 is 0. The summed E-state index contributed by atoms with van der Waals surface area (Å²) in [4.78, 5) is 4.95. The summed E-state index contributed by atoms with van der Waals surface area (Å²) in [5.74, 6) is 1.30. The summed E-state index contributed by atoms with van der Waals surface area (Å²) in [6, 6.07) is 27.1. The van der Waals surface area contributed by atoms with E-state index in [-0.39, 0.29) is 0 Å². The van der Waals surface area contributed by atoms with Crippen LogP contribution in [0.5, 0.6) is 0 Å². The molecule has 4 heteroatoms. The maximum Gasteiger partial charge on any atom is 0.141 e. The molecule has 4 aromatic rings. The first kappa shape index (κ1) is 19.7. The van der Waals surface area contributed by atoms with Crippen molar-refractivity contribution in [3.05, 3.63) is 108 Å². The van der Waals surface area contributed by atoms with E-state index in [0.717, 1.165) is 34.5 Å². The summed E-state index contributed by atoms with van der Waals surface area (Å²) in [5.41, 5.74) is 7.99. The molecule has 30 heavy (non-hydrogen) atoms. The molecule has 0 radical (unpaired) electrons. The number of rotatable bonds is 7. The highest BCUT2D eigenvalue weighted by molar-refractivity contribution is 5.81. The van der Waals surface area contributed by atoms with Crippen molar-refractivity contribution < 1.29 is 5.21 Å². The number of nitrogens with zero attached hydrogens (tertiary/aromatic N) is 2. The first-order chi connectivity index (χ1) is 14.7. The van der Waals surface area contributed by atoms with Crippen molar-refractivity contribution in [3.63, 3.8) is 0 Å². The summed E-state index contributed by atoms with van der Waals surface area (Å²) < 4.78 is 2.31. The van der Waals surface area contributed by atoms with E-state index >= 15 is 0 Å². The minimum Gasteiger partial charge on any atom is -0.323 e. The SMILES string of the molecule is C=C(/C=C/c1cccc(-c2nc3ccccc3n2C[C@H](C)c2ccccc2)c1)NO. The second kappa shape index (κ2) is 8.80. The van der Waals surface area contributed by atoms with Crippen LogP contribution in [0.25, 0.3) is 28.5 Å². The lowest BCUT2D eigenvalue weighted by atomic mass is 10.0. The maximum absolute atomic E-state index is 8.93. The fourth-order valence-corrected chi connectivity index (χ4v) is 3.66. The fourth-order valence-electron chi connectivity index (χ4n) is 3.66. The van der Waals surface area contributed by atoms with Crippen LogP contribution >= 0.6 is 0 Å². The van der Waals surface area contributed by atoms with Gasteiger partial charge >= 0.3 is 0 Å². The molecule has 4 rings (SSSR count). The minimum absolute atomic E-state index is 0.351. The van der Waals surface area contributed by atoms with Crippen molar-refractivity contribution in [1.29, 1.82) is 0 Å². The summed E-state index contributed by atoms with van der Waals surface area (Å²) in [7, 11) is 0. The topological polar surface area (TPSA) is 50.1 Å². The zero-order valence-electron chi connectivity index (χ0n) is 17.0. The molecule has 0 aliphatic carbocycles. The van der Waals surface area contributed by atoms with Crippen molar-refractivity contribution in [2.75, 3.05) is 0 Å². The van der Waals surface area contributed by atoms with Crippen LogP contribution in [0.1, 0.15) is 24.0 Å². The number of aromatic nitrogens is 2. The van der Waals surface area contributed by atoms with Crippen LogP contribution in [0, 0.1) is 0 Å². The summed E-state index contributed by atoms with van der Waals surface area (Å²) in [6.45, 7) is 6.80. The van der Waals surface area contributed by atoms with Crippen LogP contribution in [0.2, 0.25) is 0 Å². The van der Waals surface area contributed by atoms with Crippen LogP contribution in [-0.2, 0) is 6.54 Å². The van der Waals surface area contributed by atoms with Gasteiger partial charge in [-0.2, -0.15) is 0 Å². The predicted molar refractivity (Wildman–Crippen MR) is 123 cm³/mol. The third-order valence-corrected chi connectivity index (χ3v) is 5.24. The molecule has 3 aromatic carbocycles. The highest BCUT2D eigenvalue weighted by Crippen LogP contribution is 2.29. The van der Waals surface area contributed by atoms with Crippen LogP contribution in [0.3, 0.4) is 0 Å². The first-order valence-electron chi connectivity index (χ1n) is 10.0. The molecule has 2 N–H and O–H groups in total. The zero-order chi connectivity index (χ0) is 20.9. The Morgan fingerprint density at radius 1 is 1.07 bits per heavy atom. The standard InChI is InChI=1S/C26H25N3O/c1-19(22-10-4-3-5-11-22)18-29-25-14-7-6-13-24(25)27-26(29)23-12-8-9-21(17-23)16-15-20(2)28-30/h3-17,19,28,30H,2,18H2,1H3/b16-15+/t19-/m0/s1. The van der Waals surface area contributed by atoms with Crippen molar-refractivity contribution in [1.82, 2.24) is 15.0 Å². The van der Waals surface area contributed by atoms with Gasteiger partial charge < -0.3 is 4.57 Å². The van der Waals surface area contributed by atoms with Crippen LogP contribution in [-0.4, -0.2) is 14.8 Å². The van der Waals surface area contributed by atoms with E-state index in [1.807, 2.05) is 35.8 Å². The molecule has 0 saturated heterocycles. The van der Waals surface area contributed by atoms with Crippen LogP contribution < -0.4 is 5.48 Å². The van der Waals surface area contributed by atoms with Gasteiger partial charge in [0.1, 0.15) is 5.82 Å². The van der Waals surface area contributed by atoms with Gasteiger partial charge in [0, 0.05) is 12.1 Å². The largest absolute Gasteiger partial charge is 0.323 e. The molecule has 0 aliphatic rings. The molecule has 1 heterocycles. The Kier molecular flexibility index (Phi) is 5.77. The van der Waals surface area contributed by atoms with Crippen molar-refractivity contribution in [2.24, 2.45) is 0 Å². The number of fused-ring (bicyclic) bond motifs is 1. The monoisotopic (exact) mass is 395 g/mol. The molecule has 1 aromatic heterocycles. The van der Waals surface area contributed by atoms with Gasteiger partial charge in [0.2, 0.25) is 0 Å². The second-order valence-electron chi connectivity index (χ2n) is 7.44. The lowest BCUT2D eigenvalue weighted by Gasteiger charge is -2.16. The molecule has 0 spiro atoms. The predicted octanol–water partition coefficient (Wildman–Crippen LogP) is 6.01. The van der Waals surface area contributed by atoms with Crippen molar-refractivity contribution in [3.8, 4) is 11.4 Å². The van der Waals surface area contributed by atoms with Crippen molar-refractivity contribution >= 4 is 17.1 Å². The van der Waals surface area contributed by atoms with Gasteiger partial charge in [0.25, 0.3) is 0 Å². The van der Waals surface area contributed by atoms with Gasteiger partial charge in [0.15, 0.2) is 0 Å². The molecule has 0 bridgehead atoms. The first-order valence-corrected chi connectivity index (χ1v) is 10.0. The number of hydrogen-bond donors (Lipinski definition) is 2. The van der Waals surface area contributed by atoms with Gasteiger partial charge in [-0.3, -0.25) is 10.7 Å². The second-order valence-corrected chi connectivity index (χ2v) is 7.44. The van der Waals surface area contributed by atoms with Crippen LogP contribution in [0.15, 0.2) is 97.2 Å². The van der Waals surface area contributed by atoms with Gasteiger partial charge in [0.05, 0.1) is 16.7 Å². The summed E-state index contributed by atoms with van der Waals surface area (Å²) in [6.07, 6.45) is 3.65. The number of para-hydroxylation sites is 2. The van der Waals surface area contributed by atoms with Gasteiger partial charge in [-0.25, -0.2) is 4.98 Å².